The highest BCUT2D eigenvalue weighted by Gasteiger charge is 2.53. The Morgan fingerprint density at radius 2 is 1.97 bits per heavy atom. The largest absolute Gasteiger partial charge is 0.341 e. The van der Waals surface area contributed by atoms with Crippen molar-refractivity contribution >= 4 is 5.91 Å². The van der Waals surface area contributed by atoms with Gasteiger partial charge in [0.1, 0.15) is 5.82 Å². The van der Waals surface area contributed by atoms with Crippen LogP contribution in [-0.4, -0.2) is 64.1 Å². The molecule has 5 rings (SSSR count). The number of nitrogens with zero attached hydrogens (tertiary/aromatic N) is 5. The molecule has 0 unspecified atom stereocenters. The van der Waals surface area contributed by atoms with E-state index in [2.05, 4.69) is 27.1 Å². The molecule has 31 heavy (non-hydrogen) atoms. The summed E-state index contributed by atoms with van der Waals surface area (Å²) in [5.41, 5.74) is 1.56. The van der Waals surface area contributed by atoms with E-state index in [-0.39, 0.29) is 23.1 Å². The molecule has 2 fully saturated rings. The molecule has 8 heteroatoms. The molecule has 160 valence electrons. The molecule has 0 aliphatic carbocycles. The number of hydrogen-bond donors (Lipinski definition) is 0. The maximum absolute atomic E-state index is 13.3. The molecule has 1 amide bonds. The molecule has 2 aromatic heterocycles. The molecule has 0 saturated carbocycles. The summed E-state index contributed by atoms with van der Waals surface area (Å²) < 4.78 is 18.9. The molecule has 4 heterocycles. The summed E-state index contributed by atoms with van der Waals surface area (Å²) in [6, 6.07) is 9.79. The minimum atomic E-state index is -0.306. The van der Waals surface area contributed by atoms with Gasteiger partial charge in [0, 0.05) is 43.0 Å². The lowest BCUT2D eigenvalue weighted by molar-refractivity contribution is -0.129. The normalized spacial score (nSPS) is 23.7. The predicted molar refractivity (Wildman–Crippen MR) is 112 cm³/mol. The Labute approximate surface area is 179 Å². The summed E-state index contributed by atoms with van der Waals surface area (Å²) in [6.07, 6.45) is 4.74. The molecule has 1 aromatic carbocycles. The standard InChI is InChI=1S/C23H24FN5O2/c1-28-11-8-23(14-28)15-29(20(30)12-16-6-9-25-10-7-16)13-19(23)22-26-21(27-31-22)17-2-4-18(24)5-3-17/h2-7,9-10,19H,8,11-15H2,1H3/t19-,23-/m0/s1. The Morgan fingerprint density at radius 1 is 1.19 bits per heavy atom. The van der Waals surface area contributed by atoms with Crippen molar-refractivity contribution in [1.29, 1.82) is 0 Å². The van der Waals surface area contributed by atoms with Gasteiger partial charge in [-0.3, -0.25) is 9.78 Å². The SMILES string of the molecule is CN1CC[C@]2(C1)CN(C(=O)Cc1ccncc1)C[C@H]2c1nc(-c2ccc(F)cc2)no1. The number of amides is 1. The molecule has 3 aromatic rings. The lowest BCUT2D eigenvalue weighted by Crippen LogP contribution is -2.35. The van der Waals surface area contributed by atoms with Crippen LogP contribution in [0.15, 0.2) is 53.3 Å². The van der Waals surface area contributed by atoms with Crippen molar-refractivity contribution in [3.05, 3.63) is 66.1 Å². The third kappa shape index (κ3) is 3.83. The fraction of sp³-hybridized carbons (Fsp3) is 0.391. The summed E-state index contributed by atoms with van der Waals surface area (Å²) in [4.78, 5) is 26.0. The van der Waals surface area contributed by atoms with Gasteiger partial charge in [-0.05, 0) is 62.0 Å². The van der Waals surface area contributed by atoms with Crippen LogP contribution in [0.2, 0.25) is 0 Å². The van der Waals surface area contributed by atoms with Crippen LogP contribution in [-0.2, 0) is 11.2 Å². The van der Waals surface area contributed by atoms with Crippen LogP contribution in [0.4, 0.5) is 4.39 Å². The number of carbonyl (C=O) groups is 1. The number of aromatic nitrogens is 3. The molecule has 0 bridgehead atoms. The van der Waals surface area contributed by atoms with Crippen molar-refractivity contribution < 1.29 is 13.7 Å². The maximum atomic E-state index is 13.3. The van der Waals surface area contributed by atoms with E-state index >= 15 is 0 Å². The van der Waals surface area contributed by atoms with Crippen LogP contribution in [0, 0.1) is 11.2 Å². The van der Waals surface area contributed by atoms with Gasteiger partial charge in [-0.25, -0.2) is 4.39 Å². The van der Waals surface area contributed by atoms with Gasteiger partial charge in [0.25, 0.3) is 0 Å². The highest BCUT2D eigenvalue weighted by molar-refractivity contribution is 5.79. The van der Waals surface area contributed by atoms with Gasteiger partial charge in [0.15, 0.2) is 0 Å². The van der Waals surface area contributed by atoms with Gasteiger partial charge >= 0.3 is 0 Å². The first-order valence-electron chi connectivity index (χ1n) is 10.5. The Morgan fingerprint density at radius 3 is 2.68 bits per heavy atom. The molecule has 2 aliphatic heterocycles. The average Bonchev–Trinajstić information content (AvgIpc) is 3.48. The molecule has 0 radical (unpaired) electrons. The molecule has 2 aliphatic rings. The first-order valence-corrected chi connectivity index (χ1v) is 10.5. The predicted octanol–water partition coefficient (Wildman–Crippen LogP) is 2.76. The average molecular weight is 421 g/mol. The van der Waals surface area contributed by atoms with Gasteiger partial charge < -0.3 is 14.3 Å². The second-order valence-corrected chi connectivity index (χ2v) is 8.67. The maximum Gasteiger partial charge on any atom is 0.232 e. The number of carbonyl (C=O) groups excluding carboxylic acids is 1. The lowest BCUT2D eigenvalue weighted by atomic mass is 9.77. The van der Waals surface area contributed by atoms with E-state index in [4.69, 9.17) is 4.52 Å². The van der Waals surface area contributed by atoms with Crippen molar-refractivity contribution in [1.82, 2.24) is 24.9 Å². The second kappa shape index (κ2) is 7.85. The first kappa shape index (κ1) is 19.8. The summed E-state index contributed by atoms with van der Waals surface area (Å²) in [5, 5.41) is 4.14. The third-order valence-electron chi connectivity index (χ3n) is 6.52. The minimum absolute atomic E-state index is 0.0273. The fourth-order valence-corrected chi connectivity index (χ4v) is 4.90. The smallest absolute Gasteiger partial charge is 0.232 e. The summed E-state index contributed by atoms with van der Waals surface area (Å²) in [7, 11) is 2.10. The number of pyridine rings is 1. The Hall–Kier alpha value is -3.13. The molecular formula is C23H24FN5O2. The zero-order chi connectivity index (χ0) is 21.4. The first-order chi connectivity index (χ1) is 15.0. The topological polar surface area (TPSA) is 75.4 Å². The summed E-state index contributed by atoms with van der Waals surface area (Å²) in [6.45, 7) is 3.09. The number of benzene rings is 1. The van der Waals surface area contributed by atoms with Gasteiger partial charge in [-0.2, -0.15) is 4.98 Å². The highest BCUT2D eigenvalue weighted by Crippen LogP contribution is 2.48. The highest BCUT2D eigenvalue weighted by atomic mass is 19.1. The zero-order valence-electron chi connectivity index (χ0n) is 17.4. The van der Waals surface area contributed by atoms with Crippen LogP contribution >= 0.6 is 0 Å². The van der Waals surface area contributed by atoms with E-state index < -0.39 is 0 Å². The van der Waals surface area contributed by atoms with E-state index in [1.807, 2.05) is 17.0 Å². The van der Waals surface area contributed by atoms with Gasteiger partial charge in [0.05, 0.1) is 12.3 Å². The molecular weight excluding hydrogens is 397 g/mol. The minimum Gasteiger partial charge on any atom is -0.341 e. The van der Waals surface area contributed by atoms with E-state index in [0.717, 1.165) is 25.1 Å². The third-order valence-corrected chi connectivity index (χ3v) is 6.52. The van der Waals surface area contributed by atoms with E-state index in [9.17, 15) is 9.18 Å². The second-order valence-electron chi connectivity index (χ2n) is 8.67. The molecule has 7 nitrogen and oxygen atoms in total. The summed E-state index contributed by atoms with van der Waals surface area (Å²) >= 11 is 0. The zero-order valence-corrected chi connectivity index (χ0v) is 17.4. The van der Waals surface area contributed by atoms with Gasteiger partial charge in [-0.1, -0.05) is 5.16 Å². The van der Waals surface area contributed by atoms with Crippen molar-refractivity contribution in [2.24, 2.45) is 5.41 Å². The van der Waals surface area contributed by atoms with Crippen LogP contribution in [0.1, 0.15) is 23.8 Å². The Balaban J connectivity index is 1.40. The molecule has 2 atom stereocenters. The number of likely N-dealkylation sites (tertiary alicyclic amines) is 2. The van der Waals surface area contributed by atoms with Crippen LogP contribution < -0.4 is 0 Å². The van der Waals surface area contributed by atoms with E-state index in [1.165, 1.54) is 12.1 Å². The molecule has 2 saturated heterocycles. The molecule has 1 spiro atoms. The van der Waals surface area contributed by atoms with E-state index in [1.54, 1.807) is 24.5 Å². The number of hydrogen-bond acceptors (Lipinski definition) is 6. The Bertz CT molecular complexity index is 1070. The monoisotopic (exact) mass is 421 g/mol. The van der Waals surface area contributed by atoms with Crippen LogP contribution in [0.25, 0.3) is 11.4 Å². The Kier molecular flexibility index (Phi) is 5.02. The van der Waals surface area contributed by atoms with Crippen molar-refractivity contribution in [3.63, 3.8) is 0 Å². The van der Waals surface area contributed by atoms with Crippen LogP contribution in [0.5, 0.6) is 0 Å². The quantitative estimate of drug-likeness (QED) is 0.645. The lowest BCUT2D eigenvalue weighted by Gasteiger charge is -2.27. The van der Waals surface area contributed by atoms with Gasteiger partial charge in [-0.15, -0.1) is 0 Å². The van der Waals surface area contributed by atoms with E-state index in [0.29, 0.717) is 36.8 Å². The number of rotatable bonds is 4. The van der Waals surface area contributed by atoms with Crippen molar-refractivity contribution in [2.45, 2.75) is 18.8 Å². The van der Waals surface area contributed by atoms with Crippen molar-refractivity contribution in [3.8, 4) is 11.4 Å². The van der Waals surface area contributed by atoms with Crippen LogP contribution in [0.3, 0.4) is 0 Å². The number of halogens is 1. The van der Waals surface area contributed by atoms with Crippen molar-refractivity contribution in [2.75, 3.05) is 33.2 Å². The molecule has 0 N–H and O–H groups in total. The summed E-state index contributed by atoms with van der Waals surface area (Å²) in [5.74, 6) is 0.757. The van der Waals surface area contributed by atoms with Gasteiger partial charge in [0.2, 0.25) is 17.6 Å². The fourth-order valence-electron chi connectivity index (χ4n) is 4.90.